The average Bonchev–Trinajstić information content (AvgIpc) is 2.93. The standard InChI is InChI=1S/C19H24FN5/c1-23-13-25(11-14-5-2-3-7-16(14)20)18-17(8-9-22-19(18)23)24-10-4-6-15(21)12-24/h2-3,5,7-9,15H,4,6,10-13,21H2,1H3/t15-/m1/s1. The number of anilines is 3. The maximum Gasteiger partial charge on any atom is 0.155 e. The number of piperidine rings is 1. The first kappa shape index (κ1) is 16.1. The first-order chi connectivity index (χ1) is 12.1. The van der Waals surface area contributed by atoms with Crippen molar-refractivity contribution in [3.8, 4) is 0 Å². The third-order valence-electron chi connectivity index (χ3n) is 5.06. The van der Waals surface area contributed by atoms with Gasteiger partial charge in [0.05, 0.1) is 12.4 Å². The van der Waals surface area contributed by atoms with E-state index in [2.05, 4.69) is 25.8 Å². The average molecular weight is 341 g/mol. The lowest BCUT2D eigenvalue weighted by Crippen LogP contribution is -2.43. The molecule has 2 aliphatic heterocycles. The van der Waals surface area contributed by atoms with Crippen molar-refractivity contribution >= 4 is 17.2 Å². The molecule has 0 unspecified atom stereocenters. The molecule has 2 aliphatic rings. The maximum absolute atomic E-state index is 14.1. The van der Waals surface area contributed by atoms with Crippen LogP contribution in [0.1, 0.15) is 18.4 Å². The van der Waals surface area contributed by atoms with Crippen LogP contribution in [0, 0.1) is 5.82 Å². The highest BCUT2D eigenvalue weighted by Crippen LogP contribution is 2.42. The van der Waals surface area contributed by atoms with Crippen LogP contribution in [0.25, 0.3) is 0 Å². The van der Waals surface area contributed by atoms with E-state index >= 15 is 0 Å². The number of nitrogens with two attached hydrogens (primary N) is 1. The predicted octanol–water partition coefficient (Wildman–Crippen LogP) is 2.56. The van der Waals surface area contributed by atoms with Crippen LogP contribution in [0.4, 0.5) is 21.6 Å². The van der Waals surface area contributed by atoms with Crippen molar-refractivity contribution in [2.75, 3.05) is 41.5 Å². The van der Waals surface area contributed by atoms with E-state index in [1.54, 1.807) is 6.07 Å². The smallest absolute Gasteiger partial charge is 0.155 e. The minimum absolute atomic E-state index is 0.163. The van der Waals surface area contributed by atoms with Gasteiger partial charge in [0.15, 0.2) is 5.82 Å². The van der Waals surface area contributed by atoms with Gasteiger partial charge in [0, 0.05) is 44.5 Å². The normalized spacial score (nSPS) is 20.1. The Balaban J connectivity index is 1.69. The van der Waals surface area contributed by atoms with Crippen LogP contribution in [-0.2, 0) is 6.54 Å². The van der Waals surface area contributed by atoms with Crippen LogP contribution >= 0.6 is 0 Å². The highest BCUT2D eigenvalue weighted by molar-refractivity contribution is 5.85. The van der Waals surface area contributed by atoms with Gasteiger partial charge in [0.25, 0.3) is 0 Å². The summed E-state index contributed by atoms with van der Waals surface area (Å²) in [7, 11) is 2.03. The van der Waals surface area contributed by atoms with E-state index in [9.17, 15) is 4.39 Å². The zero-order chi connectivity index (χ0) is 17.4. The molecule has 0 amide bonds. The Labute approximate surface area is 147 Å². The van der Waals surface area contributed by atoms with E-state index in [4.69, 9.17) is 5.73 Å². The summed E-state index contributed by atoms with van der Waals surface area (Å²) in [5.74, 6) is 0.789. The van der Waals surface area contributed by atoms with E-state index in [0.717, 1.165) is 43.1 Å². The summed E-state index contributed by atoms with van der Waals surface area (Å²) in [6, 6.07) is 9.24. The van der Waals surface area contributed by atoms with Crippen molar-refractivity contribution in [1.82, 2.24) is 4.98 Å². The molecule has 0 saturated carbocycles. The van der Waals surface area contributed by atoms with Crippen molar-refractivity contribution in [1.29, 1.82) is 0 Å². The van der Waals surface area contributed by atoms with Crippen LogP contribution in [0.15, 0.2) is 36.5 Å². The van der Waals surface area contributed by atoms with E-state index in [1.807, 2.05) is 25.4 Å². The van der Waals surface area contributed by atoms with Crippen LogP contribution < -0.4 is 20.4 Å². The molecule has 132 valence electrons. The molecule has 2 N–H and O–H groups in total. The summed E-state index contributed by atoms with van der Waals surface area (Å²) in [5.41, 5.74) is 9.12. The van der Waals surface area contributed by atoms with Crippen LogP contribution in [0.2, 0.25) is 0 Å². The van der Waals surface area contributed by atoms with Crippen LogP contribution in [0.3, 0.4) is 0 Å². The van der Waals surface area contributed by atoms with Crippen LogP contribution in [0.5, 0.6) is 0 Å². The Morgan fingerprint density at radius 2 is 2.12 bits per heavy atom. The molecular formula is C19H24FN5. The number of hydrogen-bond acceptors (Lipinski definition) is 5. The number of benzene rings is 1. The molecule has 1 aromatic carbocycles. The van der Waals surface area contributed by atoms with Gasteiger partial charge >= 0.3 is 0 Å². The van der Waals surface area contributed by atoms with E-state index in [1.165, 1.54) is 6.07 Å². The molecule has 1 saturated heterocycles. The first-order valence-corrected chi connectivity index (χ1v) is 8.82. The van der Waals surface area contributed by atoms with Crippen LogP contribution in [-0.4, -0.2) is 37.8 Å². The lowest BCUT2D eigenvalue weighted by atomic mass is 10.1. The number of rotatable bonds is 3. The van der Waals surface area contributed by atoms with E-state index in [0.29, 0.717) is 18.8 Å². The fourth-order valence-electron chi connectivity index (χ4n) is 3.85. The topological polar surface area (TPSA) is 48.6 Å². The number of fused-ring (bicyclic) bond motifs is 1. The zero-order valence-corrected chi connectivity index (χ0v) is 14.5. The minimum Gasteiger partial charge on any atom is -0.368 e. The maximum atomic E-state index is 14.1. The molecule has 4 rings (SSSR count). The van der Waals surface area contributed by atoms with Gasteiger partial charge in [-0.15, -0.1) is 0 Å². The minimum atomic E-state index is -0.163. The Morgan fingerprint density at radius 1 is 1.28 bits per heavy atom. The van der Waals surface area contributed by atoms with Crippen molar-refractivity contribution in [3.05, 3.63) is 47.9 Å². The number of hydrogen-bond donors (Lipinski definition) is 1. The second kappa shape index (κ2) is 6.52. The Morgan fingerprint density at radius 3 is 2.92 bits per heavy atom. The van der Waals surface area contributed by atoms with E-state index < -0.39 is 0 Å². The largest absolute Gasteiger partial charge is 0.368 e. The SMILES string of the molecule is CN1CN(Cc2ccccc2F)c2c(N3CCC[C@@H](N)C3)ccnc21. The second-order valence-electron chi connectivity index (χ2n) is 6.98. The molecule has 6 heteroatoms. The molecule has 0 bridgehead atoms. The van der Waals surface area contributed by atoms with Gasteiger partial charge in [-0.1, -0.05) is 18.2 Å². The molecule has 2 aromatic rings. The number of pyridine rings is 1. The monoisotopic (exact) mass is 341 g/mol. The van der Waals surface area contributed by atoms with Gasteiger partial charge in [0.2, 0.25) is 0 Å². The summed E-state index contributed by atoms with van der Waals surface area (Å²) in [6.07, 6.45) is 4.03. The summed E-state index contributed by atoms with van der Waals surface area (Å²) in [4.78, 5) is 11.2. The summed E-state index contributed by atoms with van der Waals surface area (Å²) < 4.78 is 14.1. The molecule has 1 fully saturated rings. The molecule has 3 heterocycles. The Bertz CT molecular complexity index is 765. The molecule has 0 aliphatic carbocycles. The highest BCUT2D eigenvalue weighted by Gasteiger charge is 2.31. The number of halogens is 1. The van der Waals surface area contributed by atoms with Crippen molar-refractivity contribution in [2.24, 2.45) is 5.73 Å². The molecular weight excluding hydrogens is 317 g/mol. The Hall–Kier alpha value is -2.34. The molecule has 1 atom stereocenters. The van der Waals surface area contributed by atoms with Gasteiger partial charge in [0.1, 0.15) is 11.5 Å². The predicted molar refractivity (Wildman–Crippen MR) is 99.5 cm³/mol. The fourth-order valence-corrected chi connectivity index (χ4v) is 3.85. The first-order valence-electron chi connectivity index (χ1n) is 8.82. The molecule has 0 radical (unpaired) electrons. The Kier molecular flexibility index (Phi) is 4.21. The molecule has 5 nitrogen and oxygen atoms in total. The summed E-state index contributed by atoms with van der Waals surface area (Å²) in [6.45, 7) is 3.09. The zero-order valence-electron chi connectivity index (χ0n) is 14.5. The summed E-state index contributed by atoms with van der Waals surface area (Å²) in [5, 5.41) is 0. The lowest BCUT2D eigenvalue weighted by Gasteiger charge is -2.34. The third kappa shape index (κ3) is 3.02. The van der Waals surface area contributed by atoms with Gasteiger partial charge in [-0.2, -0.15) is 0 Å². The van der Waals surface area contributed by atoms with E-state index in [-0.39, 0.29) is 11.9 Å². The summed E-state index contributed by atoms with van der Waals surface area (Å²) >= 11 is 0. The number of aromatic nitrogens is 1. The highest BCUT2D eigenvalue weighted by atomic mass is 19.1. The van der Waals surface area contributed by atoms with Gasteiger partial charge < -0.3 is 20.4 Å². The van der Waals surface area contributed by atoms with Gasteiger partial charge in [-0.25, -0.2) is 9.37 Å². The number of nitrogens with zero attached hydrogens (tertiary/aromatic N) is 4. The lowest BCUT2D eigenvalue weighted by molar-refractivity contribution is 0.506. The van der Waals surface area contributed by atoms with Gasteiger partial charge in [-0.05, 0) is 25.0 Å². The molecule has 1 aromatic heterocycles. The van der Waals surface area contributed by atoms with Crippen molar-refractivity contribution in [3.63, 3.8) is 0 Å². The molecule has 0 spiro atoms. The van der Waals surface area contributed by atoms with Crippen molar-refractivity contribution in [2.45, 2.75) is 25.4 Å². The second-order valence-corrected chi connectivity index (χ2v) is 6.98. The van der Waals surface area contributed by atoms with Crippen molar-refractivity contribution < 1.29 is 4.39 Å². The quantitative estimate of drug-likeness (QED) is 0.930. The van der Waals surface area contributed by atoms with Gasteiger partial charge in [-0.3, -0.25) is 0 Å². The third-order valence-corrected chi connectivity index (χ3v) is 5.06. The fraction of sp³-hybridized carbons (Fsp3) is 0.421. The molecule has 25 heavy (non-hydrogen) atoms.